The second-order valence-corrected chi connectivity index (χ2v) is 4.08. The Morgan fingerprint density at radius 1 is 1.17 bits per heavy atom. The van der Waals surface area contributed by atoms with E-state index in [1.807, 2.05) is 0 Å². The van der Waals surface area contributed by atoms with E-state index in [1.54, 1.807) is 0 Å². The Labute approximate surface area is 108 Å². The summed E-state index contributed by atoms with van der Waals surface area (Å²) < 4.78 is 4.38. The summed E-state index contributed by atoms with van der Waals surface area (Å²) in [7, 11) is 1.21. The molecule has 5 heteroatoms. The van der Waals surface area contributed by atoms with Gasteiger partial charge < -0.3 is 15.2 Å². The van der Waals surface area contributed by atoms with Crippen molar-refractivity contribution in [3.8, 4) is 0 Å². The minimum Gasteiger partial charge on any atom is -0.477 e. The average Bonchev–Trinajstić information content (AvgIpc) is 2.35. The Kier molecular flexibility index (Phi) is 9.73. The van der Waals surface area contributed by atoms with Gasteiger partial charge >= 0.3 is 11.9 Å². The number of rotatable bonds is 10. The van der Waals surface area contributed by atoms with Crippen molar-refractivity contribution in [1.29, 1.82) is 0 Å². The van der Waals surface area contributed by atoms with Gasteiger partial charge in [0.05, 0.1) is 13.2 Å². The van der Waals surface area contributed by atoms with Crippen molar-refractivity contribution in [2.24, 2.45) is 0 Å². The lowest BCUT2D eigenvalue weighted by Gasteiger charge is -2.06. The van der Waals surface area contributed by atoms with Crippen LogP contribution >= 0.6 is 0 Å². The Morgan fingerprint density at radius 3 is 2.33 bits per heavy atom. The SMILES string of the molecule is CCCCCCCCNC(=CC(=O)OC)C(=O)O. The fourth-order valence-electron chi connectivity index (χ4n) is 1.49. The van der Waals surface area contributed by atoms with Gasteiger partial charge in [-0.2, -0.15) is 0 Å². The zero-order valence-corrected chi connectivity index (χ0v) is 11.2. The molecule has 0 aromatic heterocycles. The van der Waals surface area contributed by atoms with Gasteiger partial charge in [0.2, 0.25) is 0 Å². The molecule has 0 aliphatic rings. The number of carbonyl (C=O) groups excluding carboxylic acids is 1. The first-order valence-electron chi connectivity index (χ1n) is 6.38. The molecule has 0 atom stereocenters. The highest BCUT2D eigenvalue weighted by atomic mass is 16.5. The summed E-state index contributed by atoms with van der Waals surface area (Å²) in [5, 5.41) is 11.6. The normalized spacial score (nSPS) is 11.1. The smallest absolute Gasteiger partial charge is 0.352 e. The van der Waals surface area contributed by atoms with Crippen LogP contribution in [0, 0.1) is 0 Å². The number of carboxylic acids is 1. The molecule has 0 aromatic rings. The zero-order valence-electron chi connectivity index (χ0n) is 11.2. The fraction of sp³-hybridized carbons (Fsp3) is 0.692. The highest BCUT2D eigenvalue weighted by Crippen LogP contribution is 2.04. The van der Waals surface area contributed by atoms with E-state index in [4.69, 9.17) is 5.11 Å². The predicted octanol–water partition coefficient (Wildman–Crippen LogP) is 2.08. The molecule has 0 aliphatic heterocycles. The lowest BCUT2D eigenvalue weighted by molar-refractivity contribution is -0.137. The summed E-state index contributed by atoms with van der Waals surface area (Å²) in [6.45, 7) is 2.72. The van der Waals surface area contributed by atoms with Crippen molar-refractivity contribution < 1.29 is 19.4 Å². The molecule has 0 saturated heterocycles. The predicted molar refractivity (Wildman–Crippen MR) is 69.1 cm³/mol. The van der Waals surface area contributed by atoms with E-state index in [-0.39, 0.29) is 5.70 Å². The van der Waals surface area contributed by atoms with Gasteiger partial charge in [-0.3, -0.25) is 0 Å². The van der Waals surface area contributed by atoms with Crippen LogP contribution in [-0.4, -0.2) is 30.7 Å². The molecular formula is C13H23NO4. The third-order valence-electron chi connectivity index (χ3n) is 2.54. The number of nitrogens with one attached hydrogen (secondary N) is 1. The molecule has 0 radical (unpaired) electrons. The minimum absolute atomic E-state index is 0.115. The van der Waals surface area contributed by atoms with Crippen LogP contribution in [0.5, 0.6) is 0 Å². The van der Waals surface area contributed by atoms with Crippen molar-refractivity contribution in [1.82, 2.24) is 5.32 Å². The van der Waals surface area contributed by atoms with Crippen LogP contribution in [0.25, 0.3) is 0 Å². The number of methoxy groups -OCH3 is 1. The van der Waals surface area contributed by atoms with Crippen molar-refractivity contribution in [3.63, 3.8) is 0 Å². The summed E-state index contributed by atoms with van der Waals surface area (Å²) >= 11 is 0. The monoisotopic (exact) mass is 257 g/mol. The van der Waals surface area contributed by atoms with Crippen molar-refractivity contribution in [2.45, 2.75) is 45.4 Å². The Balaban J connectivity index is 3.82. The van der Waals surface area contributed by atoms with Crippen LogP contribution in [-0.2, 0) is 14.3 Å². The van der Waals surface area contributed by atoms with Crippen molar-refractivity contribution in [3.05, 3.63) is 11.8 Å². The highest BCUT2D eigenvalue weighted by molar-refractivity contribution is 5.94. The molecule has 0 aromatic carbocycles. The standard InChI is InChI=1S/C13H23NO4/c1-3-4-5-6-7-8-9-14-11(13(16)17)10-12(15)18-2/h10,14H,3-9H2,1-2H3,(H,16,17). The zero-order chi connectivity index (χ0) is 13.8. The lowest BCUT2D eigenvalue weighted by atomic mass is 10.1. The number of hydrogen-bond donors (Lipinski definition) is 2. The van der Waals surface area contributed by atoms with E-state index in [9.17, 15) is 9.59 Å². The second-order valence-electron chi connectivity index (χ2n) is 4.08. The molecule has 0 fully saturated rings. The van der Waals surface area contributed by atoms with Gasteiger partial charge in [0, 0.05) is 6.54 Å². The third kappa shape index (κ3) is 8.61. The topological polar surface area (TPSA) is 75.6 Å². The van der Waals surface area contributed by atoms with Gasteiger partial charge in [-0.25, -0.2) is 9.59 Å². The Hall–Kier alpha value is -1.52. The first-order valence-corrected chi connectivity index (χ1v) is 6.38. The number of ether oxygens (including phenoxy) is 1. The number of unbranched alkanes of at least 4 members (excludes halogenated alkanes) is 5. The first kappa shape index (κ1) is 16.5. The molecule has 0 amide bonds. The van der Waals surface area contributed by atoms with Gasteiger partial charge in [-0.05, 0) is 6.42 Å². The van der Waals surface area contributed by atoms with Gasteiger partial charge in [-0.15, -0.1) is 0 Å². The lowest BCUT2D eigenvalue weighted by Crippen LogP contribution is -2.22. The largest absolute Gasteiger partial charge is 0.477 e. The van der Waals surface area contributed by atoms with Gasteiger partial charge in [0.25, 0.3) is 0 Å². The van der Waals surface area contributed by atoms with E-state index in [1.165, 1.54) is 32.8 Å². The highest BCUT2D eigenvalue weighted by Gasteiger charge is 2.08. The Morgan fingerprint density at radius 2 is 1.78 bits per heavy atom. The van der Waals surface area contributed by atoms with Crippen LogP contribution in [0.1, 0.15) is 45.4 Å². The summed E-state index contributed by atoms with van der Waals surface area (Å²) in [5.41, 5.74) is -0.115. The van der Waals surface area contributed by atoms with E-state index in [0.717, 1.165) is 18.9 Å². The number of esters is 1. The first-order chi connectivity index (χ1) is 8.61. The third-order valence-corrected chi connectivity index (χ3v) is 2.54. The number of aliphatic carboxylic acids is 1. The van der Waals surface area contributed by atoms with Crippen LogP contribution in [0.15, 0.2) is 11.8 Å². The van der Waals surface area contributed by atoms with Gasteiger partial charge in [-0.1, -0.05) is 39.0 Å². The summed E-state index contributed by atoms with van der Waals surface area (Å²) in [4.78, 5) is 21.7. The molecule has 18 heavy (non-hydrogen) atoms. The van der Waals surface area contributed by atoms with Crippen LogP contribution in [0.4, 0.5) is 0 Å². The van der Waals surface area contributed by atoms with Crippen LogP contribution < -0.4 is 5.32 Å². The van der Waals surface area contributed by atoms with Gasteiger partial charge in [0.15, 0.2) is 0 Å². The van der Waals surface area contributed by atoms with E-state index >= 15 is 0 Å². The molecule has 0 heterocycles. The maximum absolute atomic E-state index is 10.9. The molecule has 2 N–H and O–H groups in total. The summed E-state index contributed by atoms with van der Waals surface area (Å²) in [5.74, 6) is -1.81. The molecule has 0 rings (SSSR count). The maximum Gasteiger partial charge on any atom is 0.352 e. The summed E-state index contributed by atoms with van der Waals surface area (Å²) in [6.07, 6.45) is 7.77. The van der Waals surface area contributed by atoms with E-state index in [2.05, 4.69) is 17.0 Å². The minimum atomic E-state index is -1.15. The van der Waals surface area contributed by atoms with Crippen LogP contribution in [0.3, 0.4) is 0 Å². The molecule has 0 unspecified atom stereocenters. The molecule has 104 valence electrons. The maximum atomic E-state index is 10.9. The molecule has 0 spiro atoms. The average molecular weight is 257 g/mol. The number of carboxylic acid groups (broad SMARTS) is 1. The second kappa shape index (κ2) is 10.6. The molecule has 0 bridgehead atoms. The molecule has 0 aliphatic carbocycles. The quantitative estimate of drug-likeness (QED) is 0.356. The Bertz CT molecular complexity index is 287. The molecule has 5 nitrogen and oxygen atoms in total. The number of carbonyl (C=O) groups is 2. The van der Waals surface area contributed by atoms with E-state index in [0.29, 0.717) is 6.54 Å². The number of hydrogen-bond acceptors (Lipinski definition) is 4. The molecule has 0 saturated carbocycles. The molecular weight excluding hydrogens is 234 g/mol. The van der Waals surface area contributed by atoms with Crippen molar-refractivity contribution >= 4 is 11.9 Å². The van der Waals surface area contributed by atoms with Gasteiger partial charge in [0.1, 0.15) is 5.70 Å². The van der Waals surface area contributed by atoms with E-state index < -0.39 is 11.9 Å². The van der Waals surface area contributed by atoms with Crippen molar-refractivity contribution in [2.75, 3.05) is 13.7 Å². The fourth-order valence-corrected chi connectivity index (χ4v) is 1.49. The summed E-state index contributed by atoms with van der Waals surface area (Å²) in [6, 6.07) is 0. The van der Waals surface area contributed by atoms with Crippen LogP contribution in [0.2, 0.25) is 0 Å².